The number of benzene rings is 2. The molecule has 122 valence electrons. The standard InChI is InChI=1S/C19H23NO3/c1-13(2)12-23-17-9-3-14(4-10-17)11-18(19(21)22)15-5-7-16(20)8-6-15/h3-10,13,18H,11-12,20H2,1-2H3,(H,21,22). The van der Waals surface area contributed by atoms with Crippen LogP contribution in [0.5, 0.6) is 5.75 Å². The lowest BCUT2D eigenvalue weighted by atomic mass is 9.92. The molecule has 1 atom stereocenters. The quantitative estimate of drug-likeness (QED) is 0.764. The maximum absolute atomic E-state index is 11.6. The largest absolute Gasteiger partial charge is 0.493 e. The van der Waals surface area contributed by atoms with Gasteiger partial charge in [0.1, 0.15) is 5.75 Å². The molecule has 4 nitrogen and oxygen atoms in total. The summed E-state index contributed by atoms with van der Waals surface area (Å²) in [7, 11) is 0. The average molecular weight is 313 g/mol. The predicted molar refractivity (Wildman–Crippen MR) is 91.7 cm³/mol. The third-order valence-electron chi connectivity index (χ3n) is 3.58. The van der Waals surface area contributed by atoms with Crippen LogP contribution in [0, 0.1) is 5.92 Å². The second-order valence-electron chi connectivity index (χ2n) is 6.11. The summed E-state index contributed by atoms with van der Waals surface area (Å²) in [6.45, 7) is 4.86. The molecule has 2 aromatic rings. The molecule has 0 bridgehead atoms. The fraction of sp³-hybridized carbons (Fsp3) is 0.316. The summed E-state index contributed by atoms with van der Waals surface area (Å²) in [5.74, 6) is -0.147. The normalized spacial score (nSPS) is 12.1. The van der Waals surface area contributed by atoms with Crippen molar-refractivity contribution in [2.24, 2.45) is 5.92 Å². The maximum atomic E-state index is 11.6. The number of anilines is 1. The summed E-state index contributed by atoms with van der Waals surface area (Å²) in [5, 5.41) is 9.50. The number of carbonyl (C=O) groups is 1. The van der Waals surface area contributed by atoms with Crippen LogP contribution < -0.4 is 10.5 Å². The van der Waals surface area contributed by atoms with Gasteiger partial charge in [0.15, 0.2) is 0 Å². The van der Waals surface area contributed by atoms with E-state index in [4.69, 9.17) is 10.5 Å². The minimum Gasteiger partial charge on any atom is -0.493 e. The molecule has 0 radical (unpaired) electrons. The van der Waals surface area contributed by atoms with Crippen molar-refractivity contribution in [3.8, 4) is 5.75 Å². The summed E-state index contributed by atoms with van der Waals surface area (Å²) in [6.07, 6.45) is 0.434. The number of nitrogen functional groups attached to an aromatic ring is 1. The lowest BCUT2D eigenvalue weighted by molar-refractivity contribution is -0.138. The number of carboxylic acid groups (broad SMARTS) is 1. The third-order valence-corrected chi connectivity index (χ3v) is 3.58. The number of aliphatic carboxylic acids is 1. The Bertz CT molecular complexity index is 633. The lowest BCUT2D eigenvalue weighted by Crippen LogP contribution is -2.14. The number of nitrogens with two attached hydrogens (primary N) is 1. The molecule has 0 aromatic heterocycles. The molecule has 0 heterocycles. The topological polar surface area (TPSA) is 72.5 Å². The van der Waals surface area contributed by atoms with Crippen molar-refractivity contribution >= 4 is 11.7 Å². The fourth-order valence-electron chi connectivity index (χ4n) is 2.30. The molecule has 1 unspecified atom stereocenters. The van der Waals surface area contributed by atoms with Gasteiger partial charge in [0, 0.05) is 5.69 Å². The van der Waals surface area contributed by atoms with E-state index in [-0.39, 0.29) is 0 Å². The molecule has 2 rings (SSSR count). The average Bonchev–Trinajstić information content (AvgIpc) is 2.52. The Labute approximate surface area is 136 Å². The Kier molecular flexibility index (Phi) is 5.63. The van der Waals surface area contributed by atoms with Gasteiger partial charge in [-0.2, -0.15) is 0 Å². The molecular weight excluding hydrogens is 290 g/mol. The number of hydrogen-bond acceptors (Lipinski definition) is 3. The number of carboxylic acids is 1. The van der Waals surface area contributed by atoms with Crippen LogP contribution in [0.25, 0.3) is 0 Å². The predicted octanol–water partition coefficient (Wildman–Crippen LogP) is 3.71. The second kappa shape index (κ2) is 7.68. The number of hydrogen-bond donors (Lipinski definition) is 2. The minimum atomic E-state index is -0.838. The highest BCUT2D eigenvalue weighted by atomic mass is 16.5. The summed E-state index contributed by atoms with van der Waals surface area (Å²) in [4.78, 5) is 11.6. The molecule has 0 saturated heterocycles. The molecule has 4 heteroatoms. The van der Waals surface area contributed by atoms with Crippen LogP contribution in [0.1, 0.15) is 30.9 Å². The Hall–Kier alpha value is -2.49. The first-order chi connectivity index (χ1) is 11.0. The molecule has 23 heavy (non-hydrogen) atoms. The molecule has 3 N–H and O–H groups in total. The van der Waals surface area contributed by atoms with Crippen molar-refractivity contribution in [1.82, 2.24) is 0 Å². The molecule has 0 saturated carbocycles. The second-order valence-corrected chi connectivity index (χ2v) is 6.11. The van der Waals surface area contributed by atoms with Gasteiger partial charge in [-0.05, 0) is 47.7 Å². The van der Waals surface area contributed by atoms with E-state index in [1.165, 1.54) is 0 Å². The molecule has 0 aliphatic carbocycles. The van der Waals surface area contributed by atoms with Crippen LogP contribution in [-0.2, 0) is 11.2 Å². The zero-order valence-electron chi connectivity index (χ0n) is 13.5. The monoisotopic (exact) mass is 313 g/mol. The highest BCUT2D eigenvalue weighted by molar-refractivity contribution is 5.76. The van der Waals surface area contributed by atoms with Crippen molar-refractivity contribution in [3.05, 3.63) is 59.7 Å². The van der Waals surface area contributed by atoms with Gasteiger partial charge in [0.2, 0.25) is 0 Å². The van der Waals surface area contributed by atoms with Crippen LogP contribution in [-0.4, -0.2) is 17.7 Å². The number of rotatable bonds is 7. The molecule has 0 aliphatic rings. The first-order valence-corrected chi connectivity index (χ1v) is 7.75. The van der Waals surface area contributed by atoms with Gasteiger partial charge in [0.05, 0.1) is 12.5 Å². The van der Waals surface area contributed by atoms with Gasteiger partial charge >= 0.3 is 5.97 Å². The fourth-order valence-corrected chi connectivity index (χ4v) is 2.30. The molecular formula is C19H23NO3. The summed E-state index contributed by atoms with van der Waals surface area (Å²) < 4.78 is 5.64. The third kappa shape index (κ3) is 5.02. The molecule has 2 aromatic carbocycles. The van der Waals surface area contributed by atoms with Crippen LogP contribution in [0.3, 0.4) is 0 Å². The Balaban J connectivity index is 2.08. The van der Waals surface area contributed by atoms with Crippen molar-refractivity contribution in [3.63, 3.8) is 0 Å². The summed E-state index contributed by atoms with van der Waals surface area (Å²) in [5.41, 5.74) is 8.01. The van der Waals surface area contributed by atoms with Gasteiger partial charge in [0.25, 0.3) is 0 Å². The molecule has 0 fully saturated rings. The summed E-state index contributed by atoms with van der Waals surface area (Å²) in [6, 6.07) is 14.6. The lowest BCUT2D eigenvalue weighted by Gasteiger charge is -2.14. The van der Waals surface area contributed by atoms with E-state index in [2.05, 4.69) is 13.8 Å². The molecule has 0 aliphatic heterocycles. The van der Waals surface area contributed by atoms with Crippen molar-refractivity contribution < 1.29 is 14.6 Å². The smallest absolute Gasteiger partial charge is 0.311 e. The van der Waals surface area contributed by atoms with E-state index in [1.54, 1.807) is 24.3 Å². The SMILES string of the molecule is CC(C)COc1ccc(CC(C(=O)O)c2ccc(N)cc2)cc1. The van der Waals surface area contributed by atoms with Crippen molar-refractivity contribution in [2.45, 2.75) is 26.2 Å². The zero-order chi connectivity index (χ0) is 16.8. The first-order valence-electron chi connectivity index (χ1n) is 7.75. The van der Waals surface area contributed by atoms with E-state index in [1.807, 2.05) is 24.3 Å². The van der Waals surface area contributed by atoms with Crippen molar-refractivity contribution in [1.29, 1.82) is 0 Å². The first kappa shape index (κ1) is 16.9. The van der Waals surface area contributed by atoms with Crippen molar-refractivity contribution in [2.75, 3.05) is 12.3 Å². The summed E-state index contributed by atoms with van der Waals surface area (Å²) >= 11 is 0. The molecule has 0 spiro atoms. The Morgan fingerprint density at radius 3 is 2.22 bits per heavy atom. The van der Waals surface area contributed by atoms with Gasteiger partial charge in [-0.1, -0.05) is 38.1 Å². The maximum Gasteiger partial charge on any atom is 0.311 e. The van der Waals surface area contributed by atoms with Gasteiger partial charge in [-0.15, -0.1) is 0 Å². The highest BCUT2D eigenvalue weighted by Gasteiger charge is 2.20. The van der Waals surface area contributed by atoms with E-state index in [9.17, 15) is 9.90 Å². The van der Waals surface area contributed by atoms with Gasteiger partial charge in [-0.25, -0.2) is 0 Å². The van der Waals surface area contributed by atoms with E-state index >= 15 is 0 Å². The van der Waals surface area contributed by atoms with Gasteiger partial charge < -0.3 is 15.6 Å². The molecule has 0 amide bonds. The van der Waals surface area contributed by atoms with Crippen LogP contribution >= 0.6 is 0 Å². The van der Waals surface area contributed by atoms with Crippen LogP contribution in [0.15, 0.2) is 48.5 Å². The Morgan fingerprint density at radius 2 is 1.70 bits per heavy atom. The van der Waals surface area contributed by atoms with E-state index in [0.717, 1.165) is 16.9 Å². The van der Waals surface area contributed by atoms with Crippen LogP contribution in [0.2, 0.25) is 0 Å². The number of ether oxygens (including phenoxy) is 1. The minimum absolute atomic E-state index is 0.434. The van der Waals surface area contributed by atoms with Crippen LogP contribution in [0.4, 0.5) is 5.69 Å². The zero-order valence-corrected chi connectivity index (χ0v) is 13.5. The highest BCUT2D eigenvalue weighted by Crippen LogP contribution is 2.24. The van der Waals surface area contributed by atoms with Gasteiger partial charge in [-0.3, -0.25) is 4.79 Å². The Morgan fingerprint density at radius 1 is 1.09 bits per heavy atom. The van der Waals surface area contributed by atoms with E-state index in [0.29, 0.717) is 24.6 Å². The van der Waals surface area contributed by atoms with E-state index < -0.39 is 11.9 Å².